The Labute approximate surface area is 216 Å². The van der Waals surface area contributed by atoms with Crippen LogP contribution in [0.1, 0.15) is 5.56 Å². The maximum absolute atomic E-state index is 2.38. The van der Waals surface area contributed by atoms with Gasteiger partial charge in [0.25, 0.3) is 0 Å². The predicted molar refractivity (Wildman–Crippen MR) is 158 cm³/mol. The first-order valence-corrected chi connectivity index (χ1v) is 12.7. The Morgan fingerprint density at radius 3 is 2.00 bits per heavy atom. The van der Waals surface area contributed by atoms with Crippen molar-refractivity contribution < 1.29 is 0 Å². The summed E-state index contributed by atoms with van der Waals surface area (Å²) in [5.74, 6) is 0. The number of anilines is 3. The Hall–Kier alpha value is -4.82. The van der Waals surface area contributed by atoms with Crippen LogP contribution in [-0.2, 0) is 0 Å². The standard InChI is InChI=1S/C35H26N2/c1-25-10-9-15-29(22-25)36(30-19-18-26-11-5-6-12-27(26)23-30)31-20-21-33-32-16-7-8-17-34(32)37(35(33)24-31)28-13-3-2-4-14-28/h2-24H,1H3. The van der Waals surface area contributed by atoms with Gasteiger partial charge in [-0.25, -0.2) is 0 Å². The average Bonchev–Trinajstić information content (AvgIpc) is 3.27. The molecule has 7 rings (SSSR count). The fourth-order valence-electron chi connectivity index (χ4n) is 5.48. The second-order valence-corrected chi connectivity index (χ2v) is 9.60. The van der Waals surface area contributed by atoms with E-state index in [2.05, 4.69) is 156 Å². The monoisotopic (exact) mass is 474 g/mol. The van der Waals surface area contributed by atoms with Crippen molar-refractivity contribution in [3.8, 4) is 5.69 Å². The van der Waals surface area contributed by atoms with Crippen molar-refractivity contribution in [2.45, 2.75) is 6.92 Å². The number of benzene rings is 6. The van der Waals surface area contributed by atoms with Gasteiger partial charge >= 0.3 is 0 Å². The van der Waals surface area contributed by atoms with E-state index >= 15 is 0 Å². The molecule has 0 amide bonds. The van der Waals surface area contributed by atoms with Crippen LogP contribution < -0.4 is 4.90 Å². The van der Waals surface area contributed by atoms with Crippen LogP contribution in [0.2, 0.25) is 0 Å². The van der Waals surface area contributed by atoms with E-state index in [4.69, 9.17) is 0 Å². The molecule has 0 spiro atoms. The maximum Gasteiger partial charge on any atom is 0.0561 e. The largest absolute Gasteiger partial charge is 0.310 e. The Morgan fingerprint density at radius 1 is 0.459 bits per heavy atom. The lowest BCUT2D eigenvalue weighted by Crippen LogP contribution is -2.10. The minimum absolute atomic E-state index is 1.13. The van der Waals surface area contributed by atoms with Crippen LogP contribution in [0, 0.1) is 6.92 Å². The molecule has 1 aromatic heterocycles. The molecule has 1 heterocycles. The van der Waals surface area contributed by atoms with E-state index in [1.807, 2.05) is 0 Å². The lowest BCUT2D eigenvalue weighted by Gasteiger charge is -2.26. The molecule has 0 aliphatic rings. The Kier molecular flexibility index (Phi) is 5.04. The Balaban J connectivity index is 1.51. The third kappa shape index (κ3) is 3.66. The van der Waals surface area contributed by atoms with Crippen LogP contribution in [0.3, 0.4) is 0 Å². The van der Waals surface area contributed by atoms with Gasteiger partial charge in [-0.1, -0.05) is 84.9 Å². The number of nitrogens with zero attached hydrogens (tertiary/aromatic N) is 2. The van der Waals surface area contributed by atoms with Crippen LogP contribution in [0.25, 0.3) is 38.3 Å². The zero-order valence-corrected chi connectivity index (χ0v) is 20.7. The van der Waals surface area contributed by atoms with Crippen molar-refractivity contribution in [3.05, 3.63) is 145 Å². The minimum atomic E-state index is 1.13. The summed E-state index contributed by atoms with van der Waals surface area (Å²) in [5.41, 5.74) is 8.25. The van der Waals surface area contributed by atoms with Crippen molar-refractivity contribution in [2.24, 2.45) is 0 Å². The minimum Gasteiger partial charge on any atom is -0.310 e. The second kappa shape index (κ2) is 8.69. The lowest BCUT2D eigenvalue weighted by molar-refractivity contribution is 1.18. The number of hydrogen-bond donors (Lipinski definition) is 0. The van der Waals surface area contributed by atoms with Gasteiger partial charge in [0.15, 0.2) is 0 Å². The number of fused-ring (bicyclic) bond motifs is 4. The van der Waals surface area contributed by atoms with Crippen molar-refractivity contribution >= 4 is 49.6 Å². The number of rotatable bonds is 4. The topological polar surface area (TPSA) is 8.17 Å². The van der Waals surface area contributed by atoms with Crippen LogP contribution in [0.15, 0.2) is 140 Å². The highest BCUT2D eigenvalue weighted by atomic mass is 15.1. The molecule has 176 valence electrons. The summed E-state index contributed by atoms with van der Waals surface area (Å²) < 4.78 is 2.38. The molecule has 0 saturated heterocycles. The summed E-state index contributed by atoms with van der Waals surface area (Å²) >= 11 is 0. The van der Waals surface area contributed by atoms with Crippen LogP contribution >= 0.6 is 0 Å². The number of aromatic nitrogens is 1. The molecule has 2 nitrogen and oxygen atoms in total. The van der Waals surface area contributed by atoms with Crippen molar-refractivity contribution in [2.75, 3.05) is 4.90 Å². The summed E-state index contributed by atoms with van der Waals surface area (Å²) in [7, 11) is 0. The van der Waals surface area contributed by atoms with E-state index in [0.29, 0.717) is 0 Å². The van der Waals surface area contributed by atoms with Gasteiger partial charge in [0, 0.05) is 33.5 Å². The predicted octanol–water partition coefficient (Wildman–Crippen LogP) is 9.72. The van der Waals surface area contributed by atoms with Crippen LogP contribution in [0.4, 0.5) is 17.1 Å². The van der Waals surface area contributed by atoms with Gasteiger partial charge in [-0.05, 0) is 77.9 Å². The molecule has 0 unspecified atom stereocenters. The van der Waals surface area contributed by atoms with E-state index in [9.17, 15) is 0 Å². The first-order chi connectivity index (χ1) is 18.3. The van der Waals surface area contributed by atoms with E-state index in [0.717, 1.165) is 17.1 Å². The summed E-state index contributed by atoms with van der Waals surface area (Å²) in [6.45, 7) is 2.15. The Morgan fingerprint density at radius 2 is 1.14 bits per heavy atom. The van der Waals surface area contributed by atoms with Gasteiger partial charge in [0.2, 0.25) is 0 Å². The molecule has 0 N–H and O–H groups in total. The van der Waals surface area contributed by atoms with E-state index in [1.165, 1.54) is 43.8 Å². The molecule has 0 saturated carbocycles. The van der Waals surface area contributed by atoms with Gasteiger partial charge in [-0.15, -0.1) is 0 Å². The maximum atomic E-state index is 2.38. The molecule has 2 heteroatoms. The Bertz CT molecular complexity index is 1900. The highest BCUT2D eigenvalue weighted by Crippen LogP contribution is 2.40. The quantitative estimate of drug-likeness (QED) is 0.246. The number of hydrogen-bond acceptors (Lipinski definition) is 1. The zero-order valence-electron chi connectivity index (χ0n) is 20.7. The molecule has 0 aliphatic heterocycles. The van der Waals surface area contributed by atoms with Crippen molar-refractivity contribution in [3.63, 3.8) is 0 Å². The van der Waals surface area contributed by atoms with Crippen molar-refractivity contribution in [1.29, 1.82) is 0 Å². The zero-order chi connectivity index (χ0) is 24.8. The van der Waals surface area contributed by atoms with Gasteiger partial charge < -0.3 is 9.47 Å². The van der Waals surface area contributed by atoms with Crippen LogP contribution in [-0.4, -0.2) is 4.57 Å². The summed E-state index contributed by atoms with van der Waals surface area (Å²) in [4.78, 5) is 2.37. The first kappa shape index (κ1) is 21.5. The van der Waals surface area contributed by atoms with Gasteiger partial charge in [-0.3, -0.25) is 0 Å². The van der Waals surface area contributed by atoms with E-state index < -0.39 is 0 Å². The molecule has 6 aromatic carbocycles. The van der Waals surface area contributed by atoms with Crippen molar-refractivity contribution in [1.82, 2.24) is 4.57 Å². The van der Waals surface area contributed by atoms with Crippen LogP contribution in [0.5, 0.6) is 0 Å². The van der Waals surface area contributed by atoms with Gasteiger partial charge in [0.1, 0.15) is 0 Å². The van der Waals surface area contributed by atoms with E-state index in [1.54, 1.807) is 0 Å². The van der Waals surface area contributed by atoms with E-state index in [-0.39, 0.29) is 0 Å². The average molecular weight is 475 g/mol. The summed E-state index contributed by atoms with van der Waals surface area (Å²) in [6.07, 6.45) is 0. The molecule has 0 radical (unpaired) electrons. The summed E-state index contributed by atoms with van der Waals surface area (Å²) in [6, 6.07) is 50.2. The SMILES string of the molecule is Cc1cccc(N(c2ccc3ccccc3c2)c2ccc3c4ccccc4n(-c4ccccc4)c3c2)c1. The number of aryl methyl sites for hydroxylation is 1. The molecular formula is C35H26N2. The van der Waals surface area contributed by atoms with Gasteiger partial charge in [0.05, 0.1) is 11.0 Å². The normalized spacial score (nSPS) is 11.4. The summed E-state index contributed by atoms with van der Waals surface area (Å²) in [5, 5.41) is 5.00. The smallest absolute Gasteiger partial charge is 0.0561 e. The van der Waals surface area contributed by atoms with Gasteiger partial charge in [-0.2, -0.15) is 0 Å². The molecule has 0 atom stereocenters. The number of para-hydroxylation sites is 2. The molecule has 0 aliphatic carbocycles. The molecule has 0 fully saturated rings. The second-order valence-electron chi connectivity index (χ2n) is 9.60. The highest BCUT2D eigenvalue weighted by Gasteiger charge is 2.17. The molecule has 7 aromatic rings. The fraction of sp³-hybridized carbons (Fsp3) is 0.0286. The third-order valence-electron chi connectivity index (χ3n) is 7.18. The molecule has 37 heavy (non-hydrogen) atoms. The highest BCUT2D eigenvalue weighted by molar-refractivity contribution is 6.10. The fourth-order valence-corrected chi connectivity index (χ4v) is 5.48. The lowest BCUT2D eigenvalue weighted by atomic mass is 10.1. The first-order valence-electron chi connectivity index (χ1n) is 12.7. The molecule has 0 bridgehead atoms. The molecular weight excluding hydrogens is 448 g/mol. The third-order valence-corrected chi connectivity index (χ3v) is 7.18.